The number of nitro benzene ring substituents is 1. The summed E-state index contributed by atoms with van der Waals surface area (Å²) in [6.45, 7) is 4.29. The summed E-state index contributed by atoms with van der Waals surface area (Å²) in [5, 5.41) is 11.6. The summed E-state index contributed by atoms with van der Waals surface area (Å²) >= 11 is 3.34. The standard InChI is InChI=1S/C11H14BrNO3/c1-8(6-12)7-16-11-9(2)4-3-5-10(11)13(14)15/h3-5,8H,6-7H2,1-2H3. The molecule has 88 valence electrons. The Hall–Kier alpha value is -1.10. The fourth-order valence-electron chi connectivity index (χ4n) is 1.24. The molecule has 4 nitrogen and oxygen atoms in total. The Labute approximate surface area is 103 Å². The first-order valence-electron chi connectivity index (χ1n) is 4.99. The Morgan fingerprint density at radius 2 is 2.25 bits per heavy atom. The number of benzene rings is 1. The van der Waals surface area contributed by atoms with Crippen LogP contribution in [-0.2, 0) is 0 Å². The summed E-state index contributed by atoms with van der Waals surface area (Å²) < 4.78 is 5.51. The van der Waals surface area contributed by atoms with Crippen LogP contribution in [0.1, 0.15) is 12.5 Å². The van der Waals surface area contributed by atoms with Gasteiger partial charge in [0, 0.05) is 11.4 Å². The fraction of sp³-hybridized carbons (Fsp3) is 0.455. The van der Waals surface area contributed by atoms with Gasteiger partial charge in [0.2, 0.25) is 0 Å². The number of hydrogen-bond donors (Lipinski definition) is 0. The van der Waals surface area contributed by atoms with Crippen molar-refractivity contribution in [2.45, 2.75) is 13.8 Å². The van der Waals surface area contributed by atoms with Gasteiger partial charge in [-0.1, -0.05) is 35.0 Å². The van der Waals surface area contributed by atoms with Crippen LogP contribution in [0.4, 0.5) is 5.69 Å². The first-order valence-corrected chi connectivity index (χ1v) is 6.11. The van der Waals surface area contributed by atoms with Crippen LogP contribution in [0, 0.1) is 23.0 Å². The maximum atomic E-state index is 10.8. The van der Waals surface area contributed by atoms with Crippen molar-refractivity contribution in [2.24, 2.45) is 5.92 Å². The summed E-state index contributed by atoms with van der Waals surface area (Å²) in [4.78, 5) is 10.4. The van der Waals surface area contributed by atoms with Gasteiger partial charge in [-0.05, 0) is 18.4 Å². The van der Waals surface area contributed by atoms with Gasteiger partial charge in [0.1, 0.15) is 0 Å². The minimum Gasteiger partial charge on any atom is -0.486 e. The third-order valence-electron chi connectivity index (χ3n) is 2.16. The lowest BCUT2D eigenvalue weighted by Gasteiger charge is -2.12. The van der Waals surface area contributed by atoms with E-state index < -0.39 is 4.92 Å². The Morgan fingerprint density at radius 3 is 2.81 bits per heavy atom. The van der Waals surface area contributed by atoms with Crippen LogP contribution in [0.5, 0.6) is 5.75 Å². The predicted molar refractivity (Wildman–Crippen MR) is 66.3 cm³/mol. The number of nitrogens with zero attached hydrogens (tertiary/aromatic N) is 1. The van der Waals surface area contributed by atoms with Gasteiger partial charge in [-0.3, -0.25) is 10.1 Å². The molecule has 0 saturated heterocycles. The van der Waals surface area contributed by atoms with E-state index in [0.29, 0.717) is 18.3 Å². The molecule has 0 aliphatic carbocycles. The number of hydrogen-bond acceptors (Lipinski definition) is 3. The SMILES string of the molecule is Cc1cccc([N+](=O)[O-])c1OCC(C)CBr. The van der Waals surface area contributed by atoms with E-state index >= 15 is 0 Å². The van der Waals surface area contributed by atoms with Crippen molar-refractivity contribution in [3.63, 3.8) is 0 Å². The van der Waals surface area contributed by atoms with E-state index in [4.69, 9.17) is 4.74 Å². The zero-order valence-electron chi connectivity index (χ0n) is 9.27. The maximum absolute atomic E-state index is 10.8. The molecule has 0 amide bonds. The number of rotatable bonds is 5. The average molecular weight is 288 g/mol. The molecule has 0 aliphatic heterocycles. The van der Waals surface area contributed by atoms with Crippen molar-refractivity contribution in [3.05, 3.63) is 33.9 Å². The molecule has 0 fully saturated rings. The Kier molecular flexibility index (Phi) is 4.73. The van der Waals surface area contributed by atoms with E-state index in [0.717, 1.165) is 10.9 Å². The number of ether oxygens (including phenoxy) is 1. The van der Waals surface area contributed by atoms with E-state index in [2.05, 4.69) is 15.9 Å². The van der Waals surface area contributed by atoms with Gasteiger partial charge >= 0.3 is 5.69 Å². The molecule has 0 radical (unpaired) electrons. The van der Waals surface area contributed by atoms with Crippen LogP contribution in [-0.4, -0.2) is 16.9 Å². The van der Waals surface area contributed by atoms with Crippen molar-refractivity contribution >= 4 is 21.6 Å². The monoisotopic (exact) mass is 287 g/mol. The quantitative estimate of drug-likeness (QED) is 0.474. The van der Waals surface area contributed by atoms with Crippen molar-refractivity contribution in [3.8, 4) is 5.75 Å². The molecule has 0 aliphatic rings. The second-order valence-electron chi connectivity index (χ2n) is 3.75. The van der Waals surface area contributed by atoms with Crippen LogP contribution >= 0.6 is 15.9 Å². The molecule has 0 bridgehead atoms. The molecule has 5 heteroatoms. The van der Waals surface area contributed by atoms with E-state index in [1.807, 2.05) is 6.92 Å². The molecule has 1 rings (SSSR count). The first-order chi connectivity index (χ1) is 7.56. The third-order valence-corrected chi connectivity index (χ3v) is 3.27. The summed E-state index contributed by atoms with van der Waals surface area (Å²) in [7, 11) is 0. The smallest absolute Gasteiger partial charge is 0.311 e. The fourth-order valence-corrected chi connectivity index (χ4v) is 1.43. The molecule has 0 heterocycles. The van der Waals surface area contributed by atoms with Gasteiger partial charge in [0.15, 0.2) is 5.75 Å². The summed E-state index contributed by atoms with van der Waals surface area (Å²) in [5.41, 5.74) is 0.817. The van der Waals surface area contributed by atoms with E-state index in [1.165, 1.54) is 6.07 Å². The Balaban J connectivity index is 2.88. The summed E-state index contributed by atoms with van der Waals surface area (Å²) in [5.74, 6) is 0.694. The highest BCUT2D eigenvalue weighted by atomic mass is 79.9. The molecule has 0 saturated carbocycles. The van der Waals surface area contributed by atoms with Gasteiger partial charge in [-0.25, -0.2) is 0 Å². The highest BCUT2D eigenvalue weighted by Gasteiger charge is 2.17. The van der Waals surface area contributed by atoms with Crippen LogP contribution in [0.3, 0.4) is 0 Å². The Bertz CT molecular complexity index is 381. The van der Waals surface area contributed by atoms with Gasteiger partial charge in [-0.2, -0.15) is 0 Å². The molecule has 1 unspecified atom stereocenters. The minimum absolute atomic E-state index is 0.0294. The van der Waals surface area contributed by atoms with Crippen molar-refractivity contribution in [1.82, 2.24) is 0 Å². The van der Waals surface area contributed by atoms with Gasteiger partial charge in [-0.15, -0.1) is 0 Å². The van der Waals surface area contributed by atoms with Gasteiger partial charge in [0.25, 0.3) is 0 Å². The average Bonchev–Trinajstić information content (AvgIpc) is 2.26. The molecule has 1 aromatic carbocycles. The van der Waals surface area contributed by atoms with Crippen molar-refractivity contribution in [2.75, 3.05) is 11.9 Å². The first kappa shape index (κ1) is 13.0. The number of alkyl halides is 1. The lowest BCUT2D eigenvalue weighted by Crippen LogP contribution is -2.11. The second-order valence-corrected chi connectivity index (χ2v) is 4.40. The molecule has 1 atom stereocenters. The van der Waals surface area contributed by atoms with E-state index in [-0.39, 0.29) is 5.69 Å². The molecule has 1 aromatic rings. The zero-order chi connectivity index (χ0) is 12.1. The van der Waals surface area contributed by atoms with Crippen LogP contribution in [0.25, 0.3) is 0 Å². The lowest BCUT2D eigenvalue weighted by atomic mass is 10.2. The Morgan fingerprint density at radius 1 is 1.56 bits per heavy atom. The normalized spacial score (nSPS) is 12.2. The summed E-state index contributed by atoms with van der Waals surface area (Å²) in [6, 6.07) is 4.93. The molecule has 0 aromatic heterocycles. The molecule has 16 heavy (non-hydrogen) atoms. The third kappa shape index (κ3) is 3.20. The van der Waals surface area contributed by atoms with Gasteiger partial charge in [0.05, 0.1) is 11.5 Å². The number of para-hydroxylation sites is 1. The zero-order valence-corrected chi connectivity index (χ0v) is 10.9. The highest BCUT2D eigenvalue weighted by Crippen LogP contribution is 2.30. The molecular weight excluding hydrogens is 274 g/mol. The molecule has 0 spiro atoms. The number of halogens is 1. The molecular formula is C11H14BrNO3. The van der Waals surface area contributed by atoms with Crippen LogP contribution in [0.2, 0.25) is 0 Å². The lowest BCUT2D eigenvalue weighted by molar-refractivity contribution is -0.386. The van der Waals surface area contributed by atoms with Gasteiger partial charge < -0.3 is 4.74 Å². The maximum Gasteiger partial charge on any atom is 0.311 e. The highest BCUT2D eigenvalue weighted by molar-refractivity contribution is 9.09. The van der Waals surface area contributed by atoms with Crippen LogP contribution < -0.4 is 4.74 Å². The number of aryl methyl sites for hydroxylation is 1. The van der Waals surface area contributed by atoms with Crippen LogP contribution in [0.15, 0.2) is 18.2 Å². The van der Waals surface area contributed by atoms with Crippen molar-refractivity contribution < 1.29 is 9.66 Å². The topological polar surface area (TPSA) is 52.4 Å². The summed E-state index contributed by atoms with van der Waals surface area (Å²) in [6.07, 6.45) is 0. The van der Waals surface area contributed by atoms with Crippen molar-refractivity contribution in [1.29, 1.82) is 0 Å². The second kappa shape index (κ2) is 5.84. The van der Waals surface area contributed by atoms with E-state index in [9.17, 15) is 10.1 Å². The van der Waals surface area contributed by atoms with E-state index in [1.54, 1.807) is 19.1 Å². The molecule has 0 N–H and O–H groups in total. The number of nitro groups is 1. The predicted octanol–water partition coefficient (Wildman–Crippen LogP) is 3.31. The minimum atomic E-state index is -0.416. The largest absolute Gasteiger partial charge is 0.486 e.